The second-order valence-corrected chi connectivity index (χ2v) is 2.74. The van der Waals surface area contributed by atoms with Gasteiger partial charge in [0.15, 0.2) is 0 Å². The summed E-state index contributed by atoms with van der Waals surface area (Å²) in [5, 5.41) is 2.83. The standard InChI is InChI=1S/C9H6Cl2O/c10-5-6-12-7-8-1-3-9(11)4-2-8/h1-4H,7H2. The molecule has 0 amide bonds. The van der Waals surface area contributed by atoms with Gasteiger partial charge in [-0.25, -0.2) is 0 Å². The lowest BCUT2D eigenvalue weighted by Gasteiger charge is -1.97. The van der Waals surface area contributed by atoms with Gasteiger partial charge in [-0.05, 0) is 29.3 Å². The van der Waals surface area contributed by atoms with Crippen LogP contribution in [-0.2, 0) is 11.3 Å². The summed E-state index contributed by atoms with van der Waals surface area (Å²) in [5.74, 6) is 0. The van der Waals surface area contributed by atoms with Gasteiger partial charge in [-0.15, -0.1) is 0 Å². The Kier molecular flexibility index (Phi) is 3.79. The summed E-state index contributed by atoms with van der Waals surface area (Å²) in [6.45, 7) is 0.427. The van der Waals surface area contributed by atoms with Crippen LogP contribution < -0.4 is 0 Å². The number of hydrogen-bond acceptors (Lipinski definition) is 1. The summed E-state index contributed by atoms with van der Waals surface area (Å²) >= 11 is 10.8. The second kappa shape index (κ2) is 4.92. The van der Waals surface area contributed by atoms with Crippen molar-refractivity contribution in [2.75, 3.05) is 0 Å². The molecule has 12 heavy (non-hydrogen) atoms. The first kappa shape index (κ1) is 9.25. The predicted molar refractivity (Wildman–Crippen MR) is 49.9 cm³/mol. The quantitative estimate of drug-likeness (QED) is 0.668. The predicted octanol–water partition coefficient (Wildman–Crippen LogP) is 3.01. The van der Waals surface area contributed by atoms with E-state index in [0.717, 1.165) is 5.56 Å². The van der Waals surface area contributed by atoms with E-state index in [-0.39, 0.29) is 0 Å². The van der Waals surface area contributed by atoms with E-state index in [1.807, 2.05) is 12.1 Å². The van der Waals surface area contributed by atoms with E-state index in [0.29, 0.717) is 11.6 Å². The minimum absolute atomic E-state index is 0.427. The van der Waals surface area contributed by atoms with Gasteiger partial charge in [0, 0.05) is 10.4 Å². The van der Waals surface area contributed by atoms with Crippen LogP contribution in [0.15, 0.2) is 24.3 Å². The molecule has 0 unspecified atom stereocenters. The average Bonchev–Trinajstić information content (AvgIpc) is 2.09. The average molecular weight is 201 g/mol. The molecule has 0 spiro atoms. The number of hydrogen-bond donors (Lipinski definition) is 0. The monoisotopic (exact) mass is 200 g/mol. The molecule has 0 aliphatic rings. The maximum absolute atomic E-state index is 5.68. The van der Waals surface area contributed by atoms with Crippen LogP contribution in [0.5, 0.6) is 0 Å². The second-order valence-electron chi connectivity index (χ2n) is 2.11. The van der Waals surface area contributed by atoms with Crippen LogP contribution in [0.25, 0.3) is 0 Å². The maximum atomic E-state index is 5.68. The third-order valence-electron chi connectivity index (χ3n) is 1.26. The first-order valence-electron chi connectivity index (χ1n) is 3.30. The Morgan fingerprint density at radius 2 is 1.92 bits per heavy atom. The van der Waals surface area contributed by atoms with Crippen molar-refractivity contribution in [3.63, 3.8) is 0 Å². The molecule has 0 aliphatic heterocycles. The largest absolute Gasteiger partial charge is 0.441 e. The van der Waals surface area contributed by atoms with Gasteiger partial charge in [-0.3, -0.25) is 0 Å². The third-order valence-corrected chi connectivity index (χ3v) is 1.59. The highest BCUT2D eigenvalue weighted by Crippen LogP contribution is 2.09. The summed E-state index contributed by atoms with van der Waals surface area (Å²) < 4.78 is 4.87. The van der Waals surface area contributed by atoms with Crippen molar-refractivity contribution in [2.45, 2.75) is 6.61 Å². The molecule has 0 radical (unpaired) electrons. The summed E-state index contributed by atoms with van der Waals surface area (Å²) in [6, 6.07) is 7.35. The van der Waals surface area contributed by atoms with Crippen LogP contribution in [0.2, 0.25) is 5.02 Å². The minimum Gasteiger partial charge on any atom is -0.441 e. The summed E-state index contributed by atoms with van der Waals surface area (Å²) in [7, 11) is 0. The van der Waals surface area contributed by atoms with Gasteiger partial charge in [0.25, 0.3) is 0 Å². The van der Waals surface area contributed by atoms with E-state index in [9.17, 15) is 0 Å². The van der Waals surface area contributed by atoms with Gasteiger partial charge in [-0.2, -0.15) is 0 Å². The number of benzene rings is 1. The number of rotatable bonds is 2. The van der Waals surface area contributed by atoms with Crippen LogP contribution in [0.1, 0.15) is 5.56 Å². The molecule has 0 aromatic heterocycles. The third kappa shape index (κ3) is 3.04. The van der Waals surface area contributed by atoms with Gasteiger partial charge in [0.05, 0.1) is 0 Å². The Morgan fingerprint density at radius 3 is 2.50 bits per heavy atom. The fraction of sp³-hybridized carbons (Fsp3) is 0.111. The Hall–Kier alpha value is -0.840. The van der Waals surface area contributed by atoms with Crippen molar-refractivity contribution >= 4 is 23.2 Å². The Labute approximate surface area is 81.2 Å². The topological polar surface area (TPSA) is 9.23 Å². The van der Waals surface area contributed by atoms with Gasteiger partial charge < -0.3 is 4.74 Å². The smallest absolute Gasteiger partial charge is 0.128 e. The Balaban J connectivity index is 2.51. The maximum Gasteiger partial charge on any atom is 0.128 e. The molecule has 0 heterocycles. The van der Waals surface area contributed by atoms with E-state index in [1.165, 1.54) is 0 Å². The van der Waals surface area contributed by atoms with Crippen molar-refractivity contribution in [1.29, 1.82) is 0 Å². The van der Waals surface area contributed by atoms with Crippen LogP contribution in [-0.4, -0.2) is 0 Å². The van der Waals surface area contributed by atoms with Crippen molar-refractivity contribution < 1.29 is 4.74 Å². The molecule has 0 aliphatic carbocycles. The molecule has 1 aromatic carbocycles. The van der Waals surface area contributed by atoms with Crippen molar-refractivity contribution in [2.24, 2.45) is 0 Å². The molecule has 1 rings (SSSR count). The lowest BCUT2D eigenvalue weighted by Crippen LogP contribution is -1.85. The summed E-state index contributed by atoms with van der Waals surface area (Å²) in [6.07, 6.45) is 2.29. The molecule has 3 heteroatoms. The van der Waals surface area contributed by atoms with Gasteiger partial charge in [0.2, 0.25) is 0 Å². The fourth-order valence-electron chi connectivity index (χ4n) is 0.727. The van der Waals surface area contributed by atoms with E-state index >= 15 is 0 Å². The normalized spacial score (nSPS) is 8.50. The van der Waals surface area contributed by atoms with E-state index in [4.69, 9.17) is 27.9 Å². The first-order chi connectivity index (χ1) is 5.83. The highest BCUT2D eigenvalue weighted by Gasteiger charge is 1.91. The molecule has 0 atom stereocenters. The molecule has 0 fully saturated rings. The summed E-state index contributed by atoms with van der Waals surface area (Å²) in [5.41, 5.74) is 1.01. The van der Waals surface area contributed by atoms with Crippen LogP contribution >= 0.6 is 23.2 Å². The van der Waals surface area contributed by atoms with E-state index in [2.05, 4.69) is 11.5 Å². The lowest BCUT2D eigenvalue weighted by atomic mass is 10.2. The number of halogens is 2. The van der Waals surface area contributed by atoms with Crippen LogP contribution in [0.3, 0.4) is 0 Å². The molecule has 62 valence electrons. The van der Waals surface area contributed by atoms with Gasteiger partial charge in [-0.1, -0.05) is 23.7 Å². The van der Waals surface area contributed by atoms with Crippen LogP contribution in [0.4, 0.5) is 0 Å². The zero-order chi connectivity index (χ0) is 8.81. The zero-order valence-electron chi connectivity index (χ0n) is 6.18. The zero-order valence-corrected chi connectivity index (χ0v) is 7.69. The van der Waals surface area contributed by atoms with Crippen molar-refractivity contribution in [1.82, 2.24) is 0 Å². The highest BCUT2D eigenvalue weighted by atomic mass is 35.5. The molecular weight excluding hydrogens is 195 g/mol. The number of ether oxygens (including phenoxy) is 1. The van der Waals surface area contributed by atoms with Gasteiger partial charge >= 0.3 is 0 Å². The van der Waals surface area contributed by atoms with E-state index in [1.54, 1.807) is 12.1 Å². The van der Waals surface area contributed by atoms with Crippen molar-refractivity contribution in [3.05, 3.63) is 34.9 Å². The lowest BCUT2D eigenvalue weighted by molar-refractivity contribution is 0.265. The molecule has 0 saturated heterocycles. The van der Waals surface area contributed by atoms with Gasteiger partial charge in [0.1, 0.15) is 12.7 Å². The van der Waals surface area contributed by atoms with Crippen molar-refractivity contribution in [3.8, 4) is 11.5 Å². The fourth-order valence-corrected chi connectivity index (χ4v) is 0.908. The molecule has 1 aromatic rings. The molecular formula is C9H6Cl2O. The molecule has 0 saturated carbocycles. The summed E-state index contributed by atoms with van der Waals surface area (Å²) in [4.78, 5) is 0. The first-order valence-corrected chi connectivity index (χ1v) is 4.05. The minimum atomic E-state index is 0.427. The molecule has 0 N–H and O–H groups in total. The molecule has 0 bridgehead atoms. The Bertz CT molecular complexity index is 295. The SMILES string of the molecule is ClC#COCc1ccc(Cl)cc1. The highest BCUT2D eigenvalue weighted by molar-refractivity contribution is 6.30. The molecule has 1 nitrogen and oxygen atoms in total. The Morgan fingerprint density at radius 1 is 1.25 bits per heavy atom. The van der Waals surface area contributed by atoms with E-state index < -0.39 is 0 Å². The van der Waals surface area contributed by atoms with Crippen LogP contribution in [0, 0.1) is 11.5 Å².